The van der Waals surface area contributed by atoms with E-state index in [-0.39, 0.29) is 0 Å². The lowest BCUT2D eigenvalue weighted by Crippen LogP contribution is -1.79. The molecule has 20 heavy (non-hydrogen) atoms. The normalized spacial score (nSPS) is 11.9. The summed E-state index contributed by atoms with van der Waals surface area (Å²) >= 11 is 0. The second-order valence-electron chi connectivity index (χ2n) is 5.79. The van der Waals surface area contributed by atoms with Gasteiger partial charge in [-0.25, -0.2) is 0 Å². The summed E-state index contributed by atoms with van der Waals surface area (Å²) < 4.78 is 0. The molecule has 0 rings (SSSR count). The Morgan fingerprint density at radius 3 is 1.65 bits per heavy atom. The molecule has 117 valence electrons. The summed E-state index contributed by atoms with van der Waals surface area (Å²) in [5.41, 5.74) is 0. The number of rotatable bonds is 15. The van der Waals surface area contributed by atoms with Crippen LogP contribution in [0.15, 0.2) is 24.3 Å². The minimum absolute atomic E-state index is 1.11. The minimum atomic E-state index is 1.11. The second kappa shape index (κ2) is 18.5. The topological polar surface area (TPSA) is 0 Å². The highest BCUT2D eigenvalue weighted by molar-refractivity contribution is 4.92. The molecule has 0 atom stereocenters. The van der Waals surface area contributed by atoms with Gasteiger partial charge in [0, 0.05) is 0 Å². The number of hydrogen-bond acceptors (Lipinski definition) is 0. The van der Waals surface area contributed by atoms with Crippen molar-refractivity contribution in [1.29, 1.82) is 0 Å². The first kappa shape index (κ1) is 19.5. The lowest BCUT2D eigenvalue weighted by atomic mass is 10.1. The van der Waals surface area contributed by atoms with Gasteiger partial charge in [0.25, 0.3) is 0 Å². The molecule has 0 aliphatic rings. The van der Waals surface area contributed by atoms with Crippen molar-refractivity contribution in [2.75, 3.05) is 0 Å². The number of hydrogen-bond donors (Lipinski definition) is 0. The van der Waals surface area contributed by atoms with Gasteiger partial charge in [0.15, 0.2) is 0 Å². The second-order valence-corrected chi connectivity index (χ2v) is 5.79. The van der Waals surface area contributed by atoms with Crippen molar-refractivity contribution in [2.24, 2.45) is 0 Å². The van der Waals surface area contributed by atoms with E-state index in [0.717, 1.165) is 12.8 Å². The van der Waals surface area contributed by atoms with Crippen LogP contribution in [0.3, 0.4) is 0 Å². The van der Waals surface area contributed by atoms with Crippen molar-refractivity contribution in [3.8, 4) is 0 Å². The summed E-state index contributed by atoms with van der Waals surface area (Å²) in [6.07, 6.45) is 27.9. The monoisotopic (exact) mass is 277 g/mol. The van der Waals surface area contributed by atoms with Gasteiger partial charge in [-0.2, -0.15) is 0 Å². The van der Waals surface area contributed by atoms with E-state index in [1.807, 2.05) is 0 Å². The van der Waals surface area contributed by atoms with Gasteiger partial charge in [0.05, 0.1) is 0 Å². The van der Waals surface area contributed by atoms with E-state index >= 15 is 0 Å². The molecule has 0 amide bonds. The molecule has 0 aliphatic carbocycles. The van der Waals surface area contributed by atoms with Gasteiger partial charge in [0.2, 0.25) is 0 Å². The largest absolute Gasteiger partial charge is 0.0882 e. The van der Waals surface area contributed by atoms with Crippen LogP contribution in [0.25, 0.3) is 0 Å². The van der Waals surface area contributed by atoms with Crippen LogP contribution in [-0.2, 0) is 0 Å². The predicted octanol–water partition coefficient (Wildman–Crippen LogP) is 7.41. The lowest BCUT2D eigenvalue weighted by Gasteiger charge is -1.99. The zero-order valence-corrected chi connectivity index (χ0v) is 13.9. The maximum Gasteiger partial charge on any atom is -0.0169 e. The fraction of sp³-hybridized carbons (Fsp3) is 0.750. The Kier molecular flexibility index (Phi) is 18.0. The van der Waals surface area contributed by atoms with Crippen LogP contribution >= 0.6 is 0 Å². The minimum Gasteiger partial charge on any atom is -0.0882 e. The molecular weight excluding hydrogens is 240 g/mol. The molecule has 0 nitrogen and oxygen atoms in total. The van der Waals surface area contributed by atoms with Gasteiger partial charge < -0.3 is 0 Å². The zero-order valence-electron chi connectivity index (χ0n) is 13.9. The van der Waals surface area contributed by atoms with E-state index in [1.54, 1.807) is 0 Å². The number of allylic oxidation sites excluding steroid dienone is 4. The summed E-state index contributed by atoms with van der Waals surface area (Å²) in [4.78, 5) is 0. The van der Waals surface area contributed by atoms with Gasteiger partial charge in [-0.15, -0.1) is 0 Å². The summed E-state index contributed by atoms with van der Waals surface area (Å²) in [7, 11) is 0. The average molecular weight is 278 g/mol. The highest BCUT2D eigenvalue weighted by Crippen LogP contribution is 2.09. The van der Waals surface area contributed by atoms with Crippen LogP contribution < -0.4 is 0 Å². The molecule has 0 aliphatic heterocycles. The summed E-state index contributed by atoms with van der Waals surface area (Å²) in [5, 5.41) is 0. The molecule has 0 bridgehead atoms. The SMILES string of the molecule is [CH2]CCCCCCCCCC=CC/C=C\CCCCC. The lowest BCUT2D eigenvalue weighted by molar-refractivity contribution is 0.583. The maximum atomic E-state index is 3.88. The third kappa shape index (κ3) is 17.5. The van der Waals surface area contributed by atoms with E-state index in [9.17, 15) is 0 Å². The maximum absolute atomic E-state index is 3.88. The molecule has 0 aromatic rings. The molecule has 0 heterocycles. The Balaban J connectivity index is 3.12. The quantitative estimate of drug-likeness (QED) is 0.216. The van der Waals surface area contributed by atoms with Crippen LogP contribution in [0.1, 0.15) is 96.8 Å². The first-order chi connectivity index (χ1) is 9.91. The van der Waals surface area contributed by atoms with E-state index < -0.39 is 0 Å². The molecule has 0 N–H and O–H groups in total. The van der Waals surface area contributed by atoms with Crippen molar-refractivity contribution in [1.82, 2.24) is 0 Å². The van der Waals surface area contributed by atoms with Crippen LogP contribution in [0.4, 0.5) is 0 Å². The Bertz CT molecular complexity index is 212. The third-order valence-corrected chi connectivity index (χ3v) is 3.70. The molecule has 0 unspecified atom stereocenters. The molecule has 0 heteroatoms. The Labute approximate surface area is 128 Å². The van der Waals surface area contributed by atoms with Crippen molar-refractivity contribution in [3.63, 3.8) is 0 Å². The number of unbranched alkanes of at least 4 members (excludes halogenated alkanes) is 11. The molecular formula is C20H37. The molecule has 0 spiro atoms. The van der Waals surface area contributed by atoms with Crippen LogP contribution in [-0.4, -0.2) is 0 Å². The molecule has 1 radical (unpaired) electrons. The molecule has 0 saturated carbocycles. The van der Waals surface area contributed by atoms with Crippen LogP contribution in [0.2, 0.25) is 0 Å². The first-order valence-corrected chi connectivity index (χ1v) is 9.01. The van der Waals surface area contributed by atoms with Gasteiger partial charge >= 0.3 is 0 Å². The standard InChI is InChI=1S/C20H37/c1-3-5-7-9-11-13-15-17-19-20-18-16-14-12-10-8-6-4-2/h12,14,18,20H,1,3-11,13,15-17,19H2,2H3/b14-12-,20-18?. The Hall–Kier alpha value is -0.520. The average Bonchev–Trinajstić information content (AvgIpc) is 2.47. The van der Waals surface area contributed by atoms with Gasteiger partial charge in [-0.05, 0) is 32.1 Å². The van der Waals surface area contributed by atoms with Gasteiger partial charge in [-0.1, -0.05) is 95.9 Å². The van der Waals surface area contributed by atoms with E-state index in [2.05, 4.69) is 38.2 Å². The van der Waals surface area contributed by atoms with Crippen LogP contribution in [0.5, 0.6) is 0 Å². The molecule has 0 aromatic carbocycles. The van der Waals surface area contributed by atoms with E-state index in [0.29, 0.717) is 0 Å². The third-order valence-electron chi connectivity index (χ3n) is 3.70. The smallest absolute Gasteiger partial charge is 0.0169 e. The fourth-order valence-corrected chi connectivity index (χ4v) is 2.34. The Morgan fingerprint density at radius 1 is 0.600 bits per heavy atom. The fourth-order valence-electron chi connectivity index (χ4n) is 2.34. The van der Waals surface area contributed by atoms with Crippen molar-refractivity contribution >= 4 is 0 Å². The van der Waals surface area contributed by atoms with E-state index in [1.165, 1.54) is 77.0 Å². The summed E-state index contributed by atoms with van der Waals surface area (Å²) in [5.74, 6) is 0. The zero-order chi connectivity index (χ0) is 14.7. The Morgan fingerprint density at radius 2 is 1.10 bits per heavy atom. The van der Waals surface area contributed by atoms with Gasteiger partial charge in [-0.3, -0.25) is 0 Å². The first-order valence-electron chi connectivity index (χ1n) is 9.01. The van der Waals surface area contributed by atoms with Crippen molar-refractivity contribution in [3.05, 3.63) is 31.2 Å². The van der Waals surface area contributed by atoms with Crippen LogP contribution in [0, 0.1) is 6.92 Å². The van der Waals surface area contributed by atoms with Crippen molar-refractivity contribution in [2.45, 2.75) is 96.8 Å². The summed E-state index contributed by atoms with van der Waals surface area (Å²) in [6, 6.07) is 0. The summed E-state index contributed by atoms with van der Waals surface area (Å²) in [6.45, 7) is 6.14. The van der Waals surface area contributed by atoms with E-state index in [4.69, 9.17) is 0 Å². The highest BCUT2D eigenvalue weighted by atomic mass is 14.0. The highest BCUT2D eigenvalue weighted by Gasteiger charge is 1.90. The van der Waals surface area contributed by atoms with Crippen molar-refractivity contribution < 1.29 is 0 Å². The predicted molar refractivity (Wildman–Crippen MR) is 93.9 cm³/mol. The molecule has 0 saturated heterocycles. The molecule has 0 aromatic heterocycles. The molecule has 0 fully saturated rings. The van der Waals surface area contributed by atoms with Gasteiger partial charge in [0.1, 0.15) is 0 Å².